The summed E-state index contributed by atoms with van der Waals surface area (Å²) in [5.41, 5.74) is 1.74. The molecule has 0 aliphatic carbocycles. The molecule has 1 aliphatic rings. The first-order chi connectivity index (χ1) is 11.9. The molecular formula is C18H10Cl4O3. The average molecular weight is 416 g/mol. The van der Waals surface area contributed by atoms with Gasteiger partial charge in [0.25, 0.3) is 0 Å². The summed E-state index contributed by atoms with van der Waals surface area (Å²) in [6.45, 7) is 0. The summed E-state index contributed by atoms with van der Waals surface area (Å²) >= 11 is 24.8. The maximum absolute atomic E-state index is 10.5. The summed E-state index contributed by atoms with van der Waals surface area (Å²) in [7, 11) is 0. The molecular weight excluding hydrogens is 406 g/mol. The van der Waals surface area contributed by atoms with E-state index in [0.717, 1.165) is 16.3 Å². The summed E-state index contributed by atoms with van der Waals surface area (Å²) in [5, 5.41) is 22.0. The van der Waals surface area contributed by atoms with Crippen LogP contribution in [-0.2, 0) is 4.74 Å². The summed E-state index contributed by atoms with van der Waals surface area (Å²) in [4.78, 5) is 0. The number of aromatic hydroxyl groups is 1. The summed E-state index contributed by atoms with van der Waals surface area (Å²) in [6, 6.07) is 11.3. The molecule has 3 aromatic rings. The molecule has 0 spiro atoms. The topological polar surface area (TPSA) is 49.7 Å². The van der Waals surface area contributed by atoms with Crippen molar-refractivity contribution in [3.63, 3.8) is 0 Å². The number of hydrogen-bond acceptors (Lipinski definition) is 3. The van der Waals surface area contributed by atoms with Gasteiger partial charge >= 0.3 is 0 Å². The van der Waals surface area contributed by atoms with E-state index in [9.17, 15) is 10.2 Å². The van der Waals surface area contributed by atoms with Crippen LogP contribution in [0.3, 0.4) is 0 Å². The highest BCUT2D eigenvalue weighted by Crippen LogP contribution is 2.52. The van der Waals surface area contributed by atoms with Crippen LogP contribution in [0.15, 0.2) is 36.4 Å². The molecule has 0 unspecified atom stereocenters. The van der Waals surface area contributed by atoms with E-state index >= 15 is 0 Å². The first-order valence-electron chi connectivity index (χ1n) is 7.31. The van der Waals surface area contributed by atoms with Crippen molar-refractivity contribution in [3.05, 3.63) is 73.2 Å². The van der Waals surface area contributed by atoms with E-state index in [0.29, 0.717) is 11.1 Å². The van der Waals surface area contributed by atoms with Crippen molar-refractivity contribution >= 4 is 57.2 Å². The molecule has 0 bridgehead atoms. The lowest BCUT2D eigenvalue weighted by Gasteiger charge is -2.31. The van der Waals surface area contributed by atoms with Gasteiger partial charge < -0.3 is 14.9 Å². The molecule has 4 rings (SSSR count). The molecule has 2 N–H and O–H groups in total. The van der Waals surface area contributed by atoms with E-state index < -0.39 is 18.1 Å². The smallest absolute Gasteiger partial charge is 0.182 e. The van der Waals surface area contributed by atoms with Crippen molar-refractivity contribution in [1.82, 2.24) is 0 Å². The number of aliphatic hydroxyl groups excluding tert-OH is 1. The third-order valence-corrected chi connectivity index (χ3v) is 6.03. The predicted molar refractivity (Wildman–Crippen MR) is 100.0 cm³/mol. The van der Waals surface area contributed by atoms with Crippen LogP contribution < -0.4 is 0 Å². The fourth-order valence-electron chi connectivity index (χ4n) is 3.19. The minimum absolute atomic E-state index is 0.0298. The monoisotopic (exact) mass is 414 g/mol. The van der Waals surface area contributed by atoms with Gasteiger partial charge in [0.15, 0.2) is 12.0 Å². The van der Waals surface area contributed by atoms with Gasteiger partial charge in [-0.1, -0.05) is 82.8 Å². The second-order valence-corrected chi connectivity index (χ2v) is 7.19. The molecule has 0 saturated heterocycles. The van der Waals surface area contributed by atoms with Crippen molar-refractivity contribution in [1.29, 1.82) is 0 Å². The van der Waals surface area contributed by atoms with Gasteiger partial charge in [-0.15, -0.1) is 0 Å². The van der Waals surface area contributed by atoms with Gasteiger partial charge in [-0.25, -0.2) is 0 Å². The second-order valence-electron chi connectivity index (χ2n) is 5.68. The molecule has 128 valence electrons. The van der Waals surface area contributed by atoms with Crippen molar-refractivity contribution in [2.24, 2.45) is 0 Å². The molecule has 2 atom stereocenters. The zero-order chi connectivity index (χ0) is 17.9. The summed E-state index contributed by atoms with van der Waals surface area (Å²) < 4.78 is 5.79. The third kappa shape index (κ3) is 2.50. The standard InChI is InChI=1S/C18H10Cl4O3/c19-12-11(13(20)15(22)16(23)14(12)21)17-8-5-1-3-7-4-2-6-9(10(7)8)18(24)25-17/h1-6,17-18,23-24H/t17-,18-/m1/s1. The van der Waals surface area contributed by atoms with Crippen LogP contribution in [0.25, 0.3) is 10.8 Å². The van der Waals surface area contributed by atoms with Gasteiger partial charge in [0.05, 0.1) is 10.0 Å². The number of phenols is 1. The lowest BCUT2D eigenvalue weighted by atomic mass is 9.90. The van der Waals surface area contributed by atoms with Crippen LogP contribution in [0.2, 0.25) is 20.1 Å². The van der Waals surface area contributed by atoms with Crippen LogP contribution in [0, 0.1) is 0 Å². The highest BCUT2D eigenvalue weighted by molar-refractivity contribution is 6.49. The molecule has 0 aromatic heterocycles. The van der Waals surface area contributed by atoms with Crippen LogP contribution in [0.5, 0.6) is 5.75 Å². The molecule has 3 aromatic carbocycles. The number of halogens is 4. The van der Waals surface area contributed by atoms with E-state index in [2.05, 4.69) is 0 Å². The zero-order valence-corrected chi connectivity index (χ0v) is 15.5. The molecule has 0 radical (unpaired) electrons. The average Bonchev–Trinajstić information content (AvgIpc) is 2.62. The lowest BCUT2D eigenvalue weighted by Crippen LogP contribution is -2.18. The maximum atomic E-state index is 10.5. The lowest BCUT2D eigenvalue weighted by molar-refractivity contribution is -0.132. The molecule has 7 heteroatoms. The Bertz CT molecular complexity index is 985. The van der Waals surface area contributed by atoms with Gasteiger partial charge in [-0.2, -0.15) is 0 Å². The largest absolute Gasteiger partial charge is 0.505 e. The van der Waals surface area contributed by atoms with Crippen molar-refractivity contribution in [2.75, 3.05) is 0 Å². The van der Waals surface area contributed by atoms with Crippen molar-refractivity contribution in [2.45, 2.75) is 12.4 Å². The van der Waals surface area contributed by atoms with Crippen LogP contribution in [-0.4, -0.2) is 10.2 Å². The van der Waals surface area contributed by atoms with E-state index in [1.165, 1.54) is 0 Å². The minimum Gasteiger partial charge on any atom is -0.505 e. The molecule has 3 nitrogen and oxygen atoms in total. The first-order valence-corrected chi connectivity index (χ1v) is 8.83. The third-order valence-electron chi connectivity index (χ3n) is 4.32. The van der Waals surface area contributed by atoms with Crippen LogP contribution >= 0.6 is 46.4 Å². The fourth-order valence-corrected chi connectivity index (χ4v) is 4.25. The van der Waals surface area contributed by atoms with Gasteiger partial charge in [0, 0.05) is 11.1 Å². The highest BCUT2D eigenvalue weighted by atomic mass is 35.5. The van der Waals surface area contributed by atoms with Gasteiger partial charge in [0.2, 0.25) is 0 Å². The van der Waals surface area contributed by atoms with E-state index in [1.807, 2.05) is 30.3 Å². The number of hydrogen-bond donors (Lipinski definition) is 2. The molecule has 0 amide bonds. The Morgan fingerprint density at radius 3 is 1.96 bits per heavy atom. The SMILES string of the molecule is Oc1c(Cl)c(Cl)c([C@@H]2O[C@@H](O)c3cccc4cccc2c34)c(Cl)c1Cl. The van der Waals surface area contributed by atoms with Gasteiger partial charge in [-0.05, 0) is 16.3 Å². The minimum atomic E-state index is -1.16. The predicted octanol–water partition coefficient (Wildman–Crippen LogP) is 6.27. The Morgan fingerprint density at radius 1 is 0.800 bits per heavy atom. The molecule has 25 heavy (non-hydrogen) atoms. The number of ether oxygens (including phenoxy) is 1. The Balaban J connectivity index is 2.06. The number of benzene rings is 3. The van der Waals surface area contributed by atoms with Crippen molar-refractivity contribution < 1.29 is 14.9 Å². The number of phenolic OH excluding ortho intramolecular Hbond substituents is 1. The maximum Gasteiger partial charge on any atom is 0.182 e. The molecule has 1 aliphatic heterocycles. The second kappa shape index (κ2) is 6.20. The quantitative estimate of drug-likeness (QED) is 0.460. The molecule has 0 fully saturated rings. The number of aliphatic hydroxyl groups is 1. The van der Waals surface area contributed by atoms with Gasteiger partial charge in [0.1, 0.15) is 16.1 Å². The Hall–Kier alpha value is -1.20. The number of rotatable bonds is 1. The first kappa shape index (κ1) is 17.2. The van der Waals surface area contributed by atoms with Gasteiger partial charge in [-0.3, -0.25) is 0 Å². The van der Waals surface area contributed by atoms with E-state index in [1.54, 1.807) is 6.07 Å². The zero-order valence-electron chi connectivity index (χ0n) is 12.4. The Labute approximate surface area is 163 Å². The molecule has 1 heterocycles. The highest BCUT2D eigenvalue weighted by Gasteiger charge is 2.34. The van der Waals surface area contributed by atoms with E-state index in [4.69, 9.17) is 51.1 Å². The van der Waals surface area contributed by atoms with Crippen molar-refractivity contribution in [3.8, 4) is 5.75 Å². The van der Waals surface area contributed by atoms with Crippen LogP contribution in [0.1, 0.15) is 29.1 Å². The summed E-state index contributed by atoms with van der Waals surface area (Å²) in [5.74, 6) is -0.392. The van der Waals surface area contributed by atoms with E-state index in [-0.39, 0.29) is 20.1 Å². The Kier molecular flexibility index (Phi) is 4.27. The molecule has 0 saturated carbocycles. The van der Waals surface area contributed by atoms with Crippen LogP contribution in [0.4, 0.5) is 0 Å². The normalized spacial score (nSPS) is 19.4. The Morgan fingerprint density at radius 2 is 1.36 bits per heavy atom. The summed E-state index contributed by atoms with van der Waals surface area (Å²) in [6.07, 6.45) is -1.95. The fraction of sp³-hybridized carbons (Fsp3) is 0.111.